The summed E-state index contributed by atoms with van der Waals surface area (Å²) in [5.41, 5.74) is 6.48. The number of hydrogen-bond acceptors (Lipinski definition) is 3. The molecule has 0 aromatic heterocycles. The minimum Gasteiger partial charge on any atom is -0.494 e. The first-order chi connectivity index (χ1) is 8.77. The van der Waals surface area contributed by atoms with Crippen molar-refractivity contribution in [3.8, 4) is 5.75 Å². The number of nitrogens with two attached hydrogens (primary N) is 1. The SMILES string of the molecule is CCOc1ccccc1CCNC(=O)CCCN. The fraction of sp³-hybridized carbons (Fsp3) is 0.500. The summed E-state index contributed by atoms with van der Waals surface area (Å²) in [7, 11) is 0. The van der Waals surface area contributed by atoms with Crippen LogP contribution in [0.4, 0.5) is 0 Å². The van der Waals surface area contributed by atoms with Crippen molar-refractivity contribution >= 4 is 5.91 Å². The summed E-state index contributed by atoms with van der Waals surface area (Å²) >= 11 is 0. The van der Waals surface area contributed by atoms with Gasteiger partial charge in [-0.2, -0.15) is 0 Å². The van der Waals surface area contributed by atoms with E-state index in [-0.39, 0.29) is 5.91 Å². The maximum absolute atomic E-state index is 11.4. The molecule has 0 aliphatic rings. The molecule has 4 nitrogen and oxygen atoms in total. The fourth-order valence-electron chi connectivity index (χ4n) is 1.69. The highest BCUT2D eigenvalue weighted by atomic mass is 16.5. The largest absolute Gasteiger partial charge is 0.494 e. The van der Waals surface area contributed by atoms with Gasteiger partial charge in [-0.15, -0.1) is 0 Å². The van der Waals surface area contributed by atoms with Gasteiger partial charge in [0, 0.05) is 13.0 Å². The first-order valence-electron chi connectivity index (χ1n) is 6.45. The van der Waals surface area contributed by atoms with Crippen molar-refractivity contribution in [2.75, 3.05) is 19.7 Å². The molecule has 0 spiro atoms. The first-order valence-corrected chi connectivity index (χ1v) is 6.45. The van der Waals surface area contributed by atoms with Gasteiger partial charge in [-0.05, 0) is 37.9 Å². The van der Waals surface area contributed by atoms with E-state index >= 15 is 0 Å². The molecule has 1 aromatic rings. The van der Waals surface area contributed by atoms with Crippen LogP contribution in [0, 0.1) is 0 Å². The van der Waals surface area contributed by atoms with Crippen molar-refractivity contribution in [2.45, 2.75) is 26.2 Å². The second-order valence-electron chi connectivity index (χ2n) is 4.03. The van der Waals surface area contributed by atoms with E-state index in [9.17, 15) is 4.79 Å². The number of hydrogen-bond donors (Lipinski definition) is 2. The second-order valence-corrected chi connectivity index (χ2v) is 4.03. The number of para-hydroxylation sites is 1. The van der Waals surface area contributed by atoms with E-state index in [1.54, 1.807) is 0 Å². The number of rotatable bonds is 8. The standard InChI is InChI=1S/C14H22N2O2/c1-2-18-13-7-4-3-6-12(13)9-11-16-14(17)8-5-10-15/h3-4,6-7H,2,5,8-11,15H2,1H3,(H,16,17). The van der Waals surface area contributed by atoms with E-state index in [0.717, 1.165) is 24.2 Å². The highest BCUT2D eigenvalue weighted by Gasteiger charge is 2.03. The Kier molecular flexibility index (Phi) is 6.87. The molecule has 0 atom stereocenters. The third-order valence-corrected chi connectivity index (χ3v) is 2.60. The summed E-state index contributed by atoms with van der Waals surface area (Å²) in [6.07, 6.45) is 2.02. The van der Waals surface area contributed by atoms with Gasteiger partial charge in [-0.1, -0.05) is 18.2 Å². The summed E-state index contributed by atoms with van der Waals surface area (Å²) < 4.78 is 5.53. The lowest BCUT2D eigenvalue weighted by molar-refractivity contribution is -0.121. The average Bonchev–Trinajstić information content (AvgIpc) is 2.38. The Morgan fingerprint density at radius 3 is 2.89 bits per heavy atom. The van der Waals surface area contributed by atoms with E-state index in [4.69, 9.17) is 10.5 Å². The first kappa shape index (κ1) is 14.5. The third kappa shape index (κ3) is 5.19. The summed E-state index contributed by atoms with van der Waals surface area (Å²) in [6.45, 7) is 3.80. The van der Waals surface area contributed by atoms with Crippen molar-refractivity contribution in [2.24, 2.45) is 5.73 Å². The number of benzene rings is 1. The maximum Gasteiger partial charge on any atom is 0.220 e. The normalized spacial score (nSPS) is 10.1. The van der Waals surface area contributed by atoms with E-state index in [1.165, 1.54) is 0 Å². The molecule has 0 saturated carbocycles. The van der Waals surface area contributed by atoms with Gasteiger partial charge in [0.25, 0.3) is 0 Å². The van der Waals surface area contributed by atoms with Crippen LogP contribution in [0.25, 0.3) is 0 Å². The van der Waals surface area contributed by atoms with Crippen LogP contribution >= 0.6 is 0 Å². The molecule has 18 heavy (non-hydrogen) atoms. The zero-order chi connectivity index (χ0) is 13.2. The monoisotopic (exact) mass is 250 g/mol. The second kappa shape index (κ2) is 8.53. The topological polar surface area (TPSA) is 64.3 Å². The van der Waals surface area contributed by atoms with Gasteiger partial charge in [0.15, 0.2) is 0 Å². The van der Waals surface area contributed by atoms with Crippen molar-refractivity contribution in [3.05, 3.63) is 29.8 Å². The lowest BCUT2D eigenvalue weighted by Gasteiger charge is -2.10. The number of carbonyl (C=O) groups is 1. The Bertz CT molecular complexity index is 367. The molecule has 0 radical (unpaired) electrons. The Hall–Kier alpha value is -1.55. The quantitative estimate of drug-likeness (QED) is 0.734. The molecule has 0 saturated heterocycles. The molecule has 0 fully saturated rings. The Morgan fingerprint density at radius 2 is 2.17 bits per heavy atom. The molecule has 0 aliphatic heterocycles. The van der Waals surface area contributed by atoms with Crippen LogP contribution in [-0.2, 0) is 11.2 Å². The Morgan fingerprint density at radius 1 is 1.39 bits per heavy atom. The molecular weight excluding hydrogens is 228 g/mol. The fourth-order valence-corrected chi connectivity index (χ4v) is 1.69. The minimum atomic E-state index is 0.0642. The van der Waals surface area contributed by atoms with Gasteiger partial charge in [0.1, 0.15) is 5.75 Å². The lowest BCUT2D eigenvalue weighted by Crippen LogP contribution is -2.26. The van der Waals surface area contributed by atoms with E-state index in [2.05, 4.69) is 5.32 Å². The van der Waals surface area contributed by atoms with E-state index in [0.29, 0.717) is 26.1 Å². The number of nitrogens with one attached hydrogen (secondary N) is 1. The number of ether oxygens (including phenoxy) is 1. The average molecular weight is 250 g/mol. The molecule has 3 N–H and O–H groups in total. The lowest BCUT2D eigenvalue weighted by atomic mass is 10.1. The van der Waals surface area contributed by atoms with Crippen molar-refractivity contribution in [3.63, 3.8) is 0 Å². The molecule has 0 heterocycles. The van der Waals surface area contributed by atoms with Gasteiger partial charge in [0.2, 0.25) is 5.91 Å². The highest BCUT2D eigenvalue weighted by molar-refractivity contribution is 5.75. The summed E-state index contributed by atoms with van der Waals surface area (Å²) in [4.78, 5) is 11.4. The summed E-state index contributed by atoms with van der Waals surface area (Å²) in [5.74, 6) is 0.963. The molecule has 1 amide bonds. The van der Waals surface area contributed by atoms with Crippen LogP contribution in [0.1, 0.15) is 25.3 Å². The van der Waals surface area contributed by atoms with Crippen LogP contribution in [0.15, 0.2) is 24.3 Å². The maximum atomic E-state index is 11.4. The van der Waals surface area contributed by atoms with Gasteiger partial charge in [-0.25, -0.2) is 0 Å². The number of carbonyl (C=O) groups excluding carboxylic acids is 1. The zero-order valence-corrected chi connectivity index (χ0v) is 10.9. The molecule has 1 rings (SSSR count). The van der Waals surface area contributed by atoms with Crippen LogP contribution in [0.2, 0.25) is 0 Å². The Balaban J connectivity index is 2.36. The molecule has 100 valence electrons. The highest BCUT2D eigenvalue weighted by Crippen LogP contribution is 2.17. The van der Waals surface area contributed by atoms with Crippen molar-refractivity contribution < 1.29 is 9.53 Å². The van der Waals surface area contributed by atoms with Crippen molar-refractivity contribution in [1.29, 1.82) is 0 Å². The minimum absolute atomic E-state index is 0.0642. The predicted octanol–water partition coefficient (Wildman–Crippen LogP) is 1.48. The Labute approximate surface area is 109 Å². The van der Waals surface area contributed by atoms with Crippen LogP contribution in [0.3, 0.4) is 0 Å². The van der Waals surface area contributed by atoms with Crippen LogP contribution in [-0.4, -0.2) is 25.6 Å². The molecule has 0 unspecified atom stereocenters. The molecular formula is C14H22N2O2. The van der Waals surface area contributed by atoms with Crippen LogP contribution in [0.5, 0.6) is 5.75 Å². The third-order valence-electron chi connectivity index (χ3n) is 2.60. The van der Waals surface area contributed by atoms with Gasteiger partial charge >= 0.3 is 0 Å². The smallest absolute Gasteiger partial charge is 0.220 e. The molecule has 4 heteroatoms. The van der Waals surface area contributed by atoms with Gasteiger partial charge in [0.05, 0.1) is 6.61 Å². The molecule has 0 aliphatic carbocycles. The predicted molar refractivity (Wildman–Crippen MR) is 72.6 cm³/mol. The summed E-state index contributed by atoms with van der Waals surface area (Å²) in [5, 5.41) is 2.89. The molecule has 0 bridgehead atoms. The van der Waals surface area contributed by atoms with Crippen LogP contribution < -0.4 is 15.8 Å². The van der Waals surface area contributed by atoms with E-state index < -0.39 is 0 Å². The number of amides is 1. The van der Waals surface area contributed by atoms with Gasteiger partial charge in [-0.3, -0.25) is 4.79 Å². The molecule has 1 aromatic carbocycles. The zero-order valence-electron chi connectivity index (χ0n) is 10.9. The summed E-state index contributed by atoms with van der Waals surface area (Å²) in [6, 6.07) is 7.91. The van der Waals surface area contributed by atoms with Crippen molar-refractivity contribution in [1.82, 2.24) is 5.32 Å². The van der Waals surface area contributed by atoms with Gasteiger partial charge < -0.3 is 15.8 Å². The van der Waals surface area contributed by atoms with E-state index in [1.807, 2.05) is 31.2 Å².